The molecule has 0 unspecified atom stereocenters. The van der Waals surface area contributed by atoms with E-state index in [1.54, 1.807) is 0 Å². The number of hydrogen-bond acceptors (Lipinski definition) is 6. The Morgan fingerprint density at radius 3 is 2.69 bits per heavy atom. The number of aromatic nitrogens is 2. The molecule has 0 spiro atoms. The molecule has 1 saturated heterocycles. The van der Waals surface area contributed by atoms with Crippen LogP contribution in [0.25, 0.3) is 0 Å². The SMILES string of the molecule is O=C(O)[C@]1(Cc2ccccc2)CN(c2noc(C3CCC3)n2)CC[C@H]1O. The molecule has 2 fully saturated rings. The summed E-state index contributed by atoms with van der Waals surface area (Å²) < 4.78 is 5.38. The average Bonchev–Trinajstić information content (AvgIpc) is 3.05. The number of hydrogen-bond donors (Lipinski definition) is 2. The molecule has 1 aliphatic carbocycles. The second kappa shape index (κ2) is 6.72. The molecule has 0 bridgehead atoms. The number of rotatable bonds is 5. The number of piperidine rings is 1. The van der Waals surface area contributed by atoms with Gasteiger partial charge < -0.3 is 19.6 Å². The molecule has 1 aromatic heterocycles. The average molecular weight is 357 g/mol. The van der Waals surface area contributed by atoms with Crippen LogP contribution in [0.5, 0.6) is 0 Å². The van der Waals surface area contributed by atoms with Crippen LogP contribution in [0.2, 0.25) is 0 Å². The predicted molar refractivity (Wildman–Crippen MR) is 93.9 cm³/mol. The van der Waals surface area contributed by atoms with E-state index in [0.29, 0.717) is 30.7 Å². The zero-order valence-electron chi connectivity index (χ0n) is 14.5. The highest BCUT2D eigenvalue weighted by molar-refractivity contribution is 5.77. The normalized spacial score (nSPS) is 26.5. The topological polar surface area (TPSA) is 99.7 Å². The van der Waals surface area contributed by atoms with E-state index in [2.05, 4.69) is 10.1 Å². The van der Waals surface area contributed by atoms with Crippen molar-refractivity contribution in [2.75, 3.05) is 18.0 Å². The van der Waals surface area contributed by atoms with Gasteiger partial charge in [0.05, 0.1) is 6.10 Å². The summed E-state index contributed by atoms with van der Waals surface area (Å²) in [6, 6.07) is 9.42. The minimum atomic E-state index is -1.29. The summed E-state index contributed by atoms with van der Waals surface area (Å²) in [6.07, 6.45) is 2.99. The Hall–Kier alpha value is -2.41. The number of carboxylic acids is 1. The largest absolute Gasteiger partial charge is 0.481 e. The number of carbonyl (C=O) groups is 1. The Bertz CT molecular complexity index is 774. The Balaban J connectivity index is 1.59. The van der Waals surface area contributed by atoms with Crippen LogP contribution in [0, 0.1) is 5.41 Å². The van der Waals surface area contributed by atoms with E-state index in [1.165, 1.54) is 6.42 Å². The Labute approximate surface area is 151 Å². The van der Waals surface area contributed by atoms with Gasteiger partial charge in [-0.05, 0) is 36.4 Å². The Morgan fingerprint density at radius 1 is 1.27 bits per heavy atom. The minimum Gasteiger partial charge on any atom is -0.481 e. The van der Waals surface area contributed by atoms with Crippen LogP contribution in [0.4, 0.5) is 5.95 Å². The van der Waals surface area contributed by atoms with Gasteiger partial charge in [-0.3, -0.25) is 4.79 Å². The lowest BCUT2D eigenvalue weighted by molar-refractivity contribution is -0.157. The van der Waals surface area contributed by atoms with E-state index in [9.17, 15) is 15.0 Å². The van der Waals surface area contributed by atoms with Crippen molar-refractivity contribution >= 4 is 11.9 Å². The van der Waals surface area contributed by atoms with Crippen molar-refractivity contribution in [2.45, 2.75) is 44.1 Å². The van der Waals surface area contributed by atoms with Gasteiger partial charge in [0.2, 0.25) is 5.89 Å². The van der Waals surface area contributed by atoms with Crippen molar-refractivity contribution in [3.63, 3.8) is 0 Å². The zero-order chi connectivity index (χ0) is 18.1. The van der Waals surface area contributed by atoms with Crippen LogP contribution in [0.1, 0.15) is 43.1 Å². The number of benzene rings is 1. The van der Waals surface area contributed by atoms with Gasteiger partial charge in [-0.15, -0.1) is 0 Å². The highest BCUT2D eigenvalue weighted by Crippen LogP contribution is 2.38. The van der Waals surface area contributed by atoms with Gasteiger partial charge in [0.15, 0.2) is 0 Å². The summed E-state index contributed by atoms with van der Waals surface area (Å²) in [6.45, 7) is 0.663. The van der Waals surface area contributed by atoms with Crippen molar-refractivity contribution in [1.29, 1.82) is 0 Å². The molecular formula is C19H23N3O4. The standard InChI is InChI=1S/C19H23N3O4/c23-15-9-10-22(18-20-16(26-21-18)14-7-4-8-14)12-19(15,17(24)25)11-13-5-2-1-3-6-13/h1-3,5-6,14-15,23H,4,7-12H2,(H,24,25)/t15-,19-/m1/s1. The van der Waals surface area contributed by atoms with Crippen LogP contribution >= 0.6 is 0 Å². The summed E-state index contributed by atoms with van der Waals surface area (Å²) in [5.74, 6) is 0.403. The fourth-order valence-electron chi connectivity index (χ4n) is 3.85. The molecule has 2 aromatic rings. The van der Waals surface area contributed by atoms with Gasteiger partial charge in [-0.25, -0.2) is 0 Å². The number of nitrogens with zero attached hydrogens (tertiary/aromatic N) is 3. The molecule has 2 atom stereocenters. The van der Waals surface area contributed by atoms with Crippen LogP contribution in [-0.2, 0) is 11.2 Å². The van der Waals surface area contributed by atoms with E-state index in [0.717, 1.165) is 18.4 Å². The molecule has 4 rings (SSSR count). The molecule has 26 heavy (non-hydrogen) atoms. The first-order valence-corrected chi connectivity index (χ1v) is 9.12. The molecule has 1 aromatic carbocycles. The van der Waals surface area contributed by atoms with Crippen molar-refractivity contribution < 1.29 is 19.5 Å². The maximum atomic E-state index is 12.2. The Morgan fingerprint density at radius 2 is 2.04 bits per heavy atom. The van der Waals surface area contributed by atoms with E-state index >= 15 is 0 Å². The van der Waals surface area contributed by atoms with Crippen molar-refractivity contribution in [3.8, 4) is 0 Å². The van der Waals surface area contributed by atoms with Gasteiger partial charge in [-0.1, -0.05) is 36.8 Å². The number of aliphatic hydroxyl groups excluding tert-OH is 1. The van der Waals surface area contributed by atoms with Gasteiger partial charge in [0.1, 0.15) is 5.41 Å². The third-order valence-corrected chi connectivity index (χ3v) is 5.74. The zero-order valence-corrected chi connectivity index (χ0v) is 14.5. The van der Waals surface area contributed by atoms with Crippen molar-refractivity contribution in [1.82, 2.24) is 10.1 Å². The monoisotopic (exact) mass is 357 g/mol. The first kappa shape index (κ1) is 17.0. The second-order valence-electron chi connectivity index (χ2n) is 7.41. The molecule has 1 aliphatic heterocycles. The first-order valence-electron chi connectivity index (χ1n) is 9.12. The summed E-state index contributed by atoms with van der Waals surface area (Å²) in [5.41, 5.74) is -0.407. The smallest absolute Gasteiger partial charge is 0.314 e. The quantitative estimate of drug-likeness (QED) is 0.846. The summed E-state index contributed by atoms with van der Waals surface area (Å²) in [5, 5.41) is 24.6. The first-order chi connectivity index (χ1) is 12.6. The maximum absolute atomic E-state index is 12.2. The lowest BCUT2D eigenvalue weighted by Gasteiger charge is -2.43. The highest BCUT2D eigenvalue weighted by atomic mass is 16.5. The lowest BCUT2D eigenvalue weighted by Crippen LogP contribution is -2.57. The third kappa shape index (κ3) is 2.96. The molecule has 0 amide bonds. The third-order valence-electron chi connectivity index (χ3n) is 5.74. The lowest BCUT2D eigenvalue weighted by atomic mass is 9.73. The molecule has 2 heterocycles. The highest BCUT2D eigenvalue weighted by Gasteiger charge is 2.50. The minimum absolute atomic E-state index is 0.155. The van der Waals surface area contributed by atoms with Gasteiger partial charge in [0, 0.05) is 19.0 Å². The van der Waals surface area contributed by atoms with Gasteiger partial charge in [0.25, 0.3) is 5.95 Å². The molecule has 2 aliphatic rings. The molecule has 138 valence electrons. The fraction of sp³-hybridized carbons (Fsp3) is 0.526. The van der Waals surface area contributed by atoms with E-state index < -0.39 is 17.5 Å². The number of carboxylic acid groups (broad SMARTS) is 1. The van der Waals surface area contributed by atoms with Crippen LogP contribution in [0.15, 0.2) is 34.9 Å². The van der Waals surface area contributed by atoms with E-state index in [1.807, 2.05) is 35.2 Å². The number of anilines is 1. The van der Waals surface area contributed by atoms with Crippen LogP contribution in [0.3, 0.4) is 0 Å². The number of aliphatic hydroxyl groups is 1. The van der Waals surface area contributed by atoms with Crippen molar-refractivity contribution in [3.05, 3.63) is 41.8 Å². The van der Waals surface area contributed by atoms with E-state index in [-0.39, 0.29) is 13.0 Å². The summed E-state index contributed by atoms with van der Waals surface area (Å²) in [4.78, 5) is 18.5. The molecule has 1 saturated carbocycles. The number of aliphatic carboxylic acids is 1. The fourth-order valence-corrected chi connectivity index (χ4v) is 3.85. The molecular weight excluding hydrogens is 334 g/mol. The molecule has 0 radical (unpaired) electrons. The predicted octanol–water partition coefficient (Wildman–Crippen LogP) is 2.22. The maximum Gasteiger partial charge on any atom is 0.314 e. The Kier molecular flexibility index (Phi) is 4.40. The summed E-state index contributed by atoms with van der Waals surface area (Å²) >= 11 is 0. The van der Waals surface area contributed by atoms with Crippen LogP contribution < -0.4 is 4.90 Å². The second-order valence-corrected chi connectivity index (χ2v) is 7.41. The molecule has 7 heteroatoms. The van der Waals surface area contributed by atoms with E-state index in [4.69, 9.17) is 4.52 Å². The van der Waals surface area contributed by atoms with Crippen molar-refractivity contribution in [2.24, 2.45) is 5.41 Å². The molecule has 7 nitrogen and oxygen atoms in total. The molecule has 2 N–H and O–H groups in total. The summed E-state index contributed by atoms with van der Waals surface area (Å²) in [7, 11) is 0. The van der Waals surface area contributed by atoms with Crippen LogP contribution in [-0.4, -0.2) is 45.5 Å². The van der Waals surface area contributed by atoms with Gasteiger partial charge >= 0.3 is 5.97 Å². The van der Waals surface area contributed by atoms with Gasteiger partial charge in [-0.2, -0.15) is 4.98 Å².